The van der Waals surface area contributed by atoms with E-state index in [2.05, 4.69) is 49.8 Å². The van der Waals surface area contributed by atoms with Gasteiger partial charge in [-0.05, 0) is 58.7 Å². The Morgan fingerprint density at radius 1 is 1.20 bits per heavy atom. The molecule has 0 aliphatic carbocycles. The average Bonchev–Trinajstić information content (AvgIpc) is 3.28. The Hall–Kier alpha value is -4.33. The van der Waals surface area contributed by atoms with Crippen molar-refractivity contribution in [2.75, 3.05) is 30.8 Å². The second-order valence-electron chi connectivity index (χ2n) is 10.5. The highest BCUT2D eigenvalue weighted by molar-refractivity contribution is 5.85. The molecule has 0 unspecified atom stereocenters. The van der Waals surface area contributed by atoms with Crippen molar-refractivity contribution in [3.63, 3.8) is 0 Å². The Balaban J connectivity index is 1.54. The Morgan fingerprint density at radius 3 is 2.70 bits per heavy atom. The lowest BCUT2D eigenvalue weighted by molar-refractivity contribution is -0.125. The number of rotatable bonds is 10. The predicted molar refractivity (Wildman–Crippen MR) is 157 cm³/mol. The van der Waals surface area contributed by atoms with Crippen LogP contribution in [-0.4, -0.2) is 68.4 Å². The lowest BCUT2D eigenvalue weighted by Gasteiger charge is -2.28. The largest absolute Gasteiger partial charge is 0.444 e. The molecule has 0 saturated heterocycles. The van der Waals surface area contributed by atoms with E-state index in [0.29, 0.717) is 36.7 Å². The van der Waals surface area contributed by atoms with Crippen LogP contribution in [0.3, 0.4) is 0 Å². The van der Waals surface area contributed by atoms with Crippen LogP contribution >= 0.6 is 0 Å². The SMILES string of the molecule is CCCNc1nc(Nc2ccc3cnn(C)c3c2)ncc1C#CCCCNC(=O)[C@H](C)N(C)C(=O)OC(C)(C)C. The third-order valence-corrected chi connectivity index (χ3v) is 5.98. The van der Waals surface area contributed by atoms with E-state index in [1.165, 1.54) is 4.90 Å². The highest BCUT2D eigenvalue weighted by Crippen LogP contribution is 2.22. The molecule has 2 heterocycles. The monoisotopic (exact) mass is 548 g/mol. The zero-order valence-electron chi connectivity index (χ0n) is 24.5. The number of hydrogen-bond donors (Lipinski definition) is 3. The summed E-state index contributed by atoms with van der Waals surface area (Å²) in [7, 11) is 3.46. The van der Waals surface area contributed by atoms with Gasteiger partial charge in [-0.25, -0.2) is 9.78 Å². The first-order valence-electron chi connectivity index (χ1n) is 13.5. The maximum atomic E-state index is 12.5. The van der Waals surface area contributed by atoms with Gasteiger partial charge >= 0.3 is 6.09 Å². The molecular weight excluding hydrogens is 508 g/mol. The summed E-state index contributed by atoms with van der Waals surface area (Å²) in [6.45, 7) is 10.3. The molecule has 1 atom stereocenters. The van der Waals surface area contributed by atoms with Crippen molar-refractivity contribution >= 4 is 40.4 Å². The molecule has 11 nitrogen and oxygen atoms in total. The van der Waals surface area contributed by atoms with E-state index >= 15 is 0 Å². The molecule has 11 heteroatoms. The number of fused-ring (bicyclic) bond motifs is 1. The highest BCUT2D eigenvalue weighted by Gasteiger charge is 2.26. The Labute approximate surface area is 236 Å². The standard InChI is InChI=1S/C29H40N8O3/c1-8-15-30-25-22(18-32-27(35-25)34-23-14-13-21-19-33-37(7)24(21)17-23)12-10-9-11-16-31-26(38)20(2)36(6)28(39)40-29(3,4)5/h13-14,17-20H,8-9,11,15-16H2,1-7H3,(H,31,38)(H2,30,32,34,35)/t20-/m0/s1. The van der Waals surface area contributed by atoms with E-state index in [9.17, 15) is 9.59 Å². The van der Waals surface area contributed by atoms with E-state index < -0.39 is 17.7 Å². The number of aromatic nitrogens is 4. The number of nitrogens with one attached hydrogen (secondary N) is 3. The molecule has 214 valence electrons. The van der Waals surface area contributed by atoms with Gasteiger partial charge in [0.05, 0.1) is 23.5 Å². The van der Waals surface area contributed by atoms with Crippen LogP contribution in [0, 0.1) is 11.8 Å². The molecule has 1 aromatic carbocycles. The van der Waals surface area contributed by atoms with Gasteiger partial charge in [0.1, 0.15) is 17.5 Å². The maximum Gasteiger partial charge on any atom is 0.410 e. The van der Waals surface area contributed by atoms with Crippen LogP contribution in [0.5, 0.6) is 0 Å². The summed E-state index contributed by atoms with van der Waals surface area (Å²) < 4.78 is 7.15. The first kappa shape index (κ1) is 30.2. The van der Waals surface area contributed by atoms with Gasteiger partial charge in [-0.1, -0.05) is 18.8 Å². The number of unbranched alkanes of at least 4 members (excludes halogenated alkanes) is 1. The molecule has 3 aromatic rings. The number of carbonyl (C=O) groups is 2. The summed E-state index contributed by atoms with van der Waals surface area (Å²) in [5.41, 5.74) is 1.96. The molecule has 0 aliphatic heterocycles. The predicted octanol–water partition coefficient (Wildman–Crippen LogP) is 4.43. The summed E-state index contributed by atoms with van der Waals surface area (Å²) in [5.74, 6) is 7.19. The van der Waals surface area contributed by atoms with Crippen molar-refractivity contribution in [1.82, 2.24) is 30.0 Å². The number of nitrogens with zero attached hydrogens (tertiary/aromatic N) is 5. The van der Waals surface area contributed by atoms with Crippen molar-refractivity contribution in [3.8, 4) is 11.8 Å². The molecule has 0 bridgehead atoms. The van der Waals surface area contributed by atoms with Crippen molar-refractivity contribution in [2.45, 2.75) is 65.5 Å². The normalized spacial score (nSPS) is 11.8. The Kier molecular flexibility index (Phi) is 10.3. The molecule has 3 N–H and O–H groups in total. The van der Waals surface area contributed by atoms with Crippen molar-refractivity contribution in [2.24, 2.45) is 7.05 Å². The number of amides is 2. The van der Waals surface area contributed by atoms with Gasteiger partial charge in [-0.2, -0.15) is 10.1 Å². The topological polar surface area (TPSA) is 126 Å². The summed E-state index contributed by atoms with van der Waals surface area (Å²) >= 11 is 0. The number of benzene rings is 1. The average molecular weight is 549 g/mol. The number of likely N-dealkylation sites (N-methyl/N-ethyl adjacent to an activating group) is 1. The second-order valence-corrected chi connectivity index (χ2v) is 10.5. The van der Waals surface area contributed by atoms with E-state index in [1.807, 2.05) is 36.1 Å². The zero-order valence-corrected chi connectivity index (χ0v) is 24.5. The van der Waals surface area contributed by atoms with Crippen LogP contribution < -0.4 is 16.0 Å². The first-order valence-corrected chi connectivity index (χ1v) is 13.5. The molecule has 0 spiro atoms. The summed E-state index contributed by atoms with van der Waals surface area (Å²) in [4.78, 5) is 35.0. The lowest BCUT2D eigenvalue weighted by Crippen LogP contribution is -2.47. The number of anilines is 3. The molecule has 2 amide bonds. The maximum absolute atomic E-state index is 12.5. The quantitative estimate of drug-likeness (QED) is 0.251. The van der Waals surface area contributed by atoms with Gasteiger partial charge in [-0.3, -0.25) is 14.4 Å². The summed E-state index contributed by atoms with van der Waals surface area (Å²) in [6, 6.07) is 5.33. The first-order chi connectivity index (χ1) is 19.0. The third-order valence-electron chi connectivity index (χ3n) is 5.98. The van der Waals surface area contributed by atoms with Crippen LogP contribution in [0.25, 0.3) is 10.9 Å². The van der Waals surface area contributed by atoms with Crippen LogP contribution in [-0.2, 0) is 16.6 Å². The van der Waals surface area contributed by atoms with Gasteiger partial charge in [0.25, 0.3) is 0 Å². The minimum atomic E-state index is -0.650. The highest BCUT2D eigenvalue weighted by atomic mass is 16.6. The summed E-state index contributed by atoms with van der Waals surface area (Å²) in [6.07, 6.45) is 5.18. The smallest absolute Gasteiger partial charge is 0.410 e. The lowest BCUT2D eigenvalue weighted by atomic mass is 10.2. The van der Waals surface area contributed by atoms with Crippen LogP contribution in [0.4, 0.5) is 22.2 Å². The molecule has 0 radical (unpaired) electrons. The Bertz CT molecular complexity index is 1380. The number of ether oxygens (including phenoxy) is 1. The van der Waals surface area contributed by atoms with E-state index in [1.54, 1.807) is 40.9 Å². The van der Waals surface area contributed by atoms with E-state index in [0.717, 1.165) is 29.6 Å². The minimum absolute atomic E-state index is 0.244. The minimum Gasteiger partial charge on any atom is -0.444 e. The van der Waals surface area contributed by atoms with Gasteiger partial charge < -0.3 is 20.7 Å². The van der Waals surface area contributed by atoms with Crippen LogP contribution in [0.1, 0.15) is 59.4 Å². The van der Waals surface area contributed by atoms with Gasteiger partial charge in [0.15, 0.2) is 0 Å². The molecule has 0 aliphatic rings. The second kappa shape index (κ2) is 13.6. The van der Waals surface area contributed by atoms with Gasteiger partial charge in [-0.15, -0.1) is 0 Å². The molecule has 2 aromatic heterocycles. The molecule has 0 fully saturated rings. The summed E-state index contributed by atoms with van der Waals surface area (Å²) in [5, 5.41) is 14.8. The van der Waals surface area contributed by atoms with E-state index in [4.69, 9.17) is 4.74 Å². The third kappa shape index (κ3) is 8.59. The zero-order chi connectivity index (χ0) is 29.3. The number of aryl methyl sites for hydroxylation is 1. The molecule has 3 rings (SSSR count). The van der Waals surface area contributed by atoms with Gasteiger partial charge in [0.2, 0.25) is 11.9 Å². The fourth-order valence-corrected chi connectivity index (χ4v) is 3.62. The molecule has 40 heavy (non-hydrogen) atoms. The number of carbonyl (C=O) groups excluding carboxylic acids is 2. The fourth-order valence-electron chi connectivity index (χ4n) is 3.62. The van der Waals surface area contributed by atoms with Crippen LogP contribution in [0.2, 0.25) is 0 Å². The van der Waals surface area contributed by atoms with Crippen LogP contribution in [0.15, 0.2) is 30.6 Å². The molecular formula is C29H40N8O3. The van der Waals surface area contributed by atoms with Gasteiger partial charge in [0, 0.05) is 44.7 Å². The Morgan fingerprint density at radius 2 is 1.98 bits per heavy atom. The van der Waals surface area contributed by atoms with Crippen molar-refractivity contribution in [3.05, 3.63) is 36.2 Å². The van der Waals surface area contributed by atoms with E-state index in [-0.39, 0.29) is 5.91 Å². The fraction of sp³-hybridized carbons (Fsp3) is 0.483. The number of hydrogen-bond acceptors (Lipinski definition) is 8. The van der Waals surface area contributed by atoms with Crippen molar-refractivity contribution < 1.29 is 14.3 Å². The van der Waals surface area contributed by atoms with Crippen molar-refractivity contribution in [1.29, 1.82) is 0 Å². The molecule has 0 saturated carbocycles.